The SMILES string of the molecule is O=C(C1CCOCC1)N1CCN(Cc2c(-c3ccc(Cl)cc3Cl)nc3cnc(C4CC4)cn23)CC1. The predicted molar refractivity (Wildman–Crippen MR) is 136 cm³/mol. The minimum absolute atomic E-state index is 0.112. The van der Waals surface area contributed by atoms with Gasteiger partial charge in [-0.05, 0) is 43.9 Å². The second kappa shape index (κ2) is 9.69. The van der Waals surface area contributed by atoms with E-state index in [2.05, 4.69) is 20.5 Å². The number of carbonyl (C=O) groups excluding carboxylic acids is 1. The van der Waals surface area contributed by atoms with Gasteiger partial charge in [0.2, 0.25) is 5.91 Å². The van der Waals surface area contributed by atoms with Gasteiger partial charge in [-0.3, -0.25) is 19.1 Å². The molecule has 1 aliphatic carbocycles. The van der Waals surface area contributed by atoms with Crippen LogP contribution in [0.15, 0.2) is 30.6 Å². The number of nitrogens with zero attached hydrogens (tertiary/aromatic N) is 5. The molecule has 1 saturated carbocycles. The predicted octanol–water partition coefficient (Wildman–Crippen LogP) is 4.65. The highest BCUT2D eigenvalue weighted by atomic mass is 35.5. The molecule has 3 fully saturated rings. The van der Waals surface area contributed by atoms with E-state index in [9.17, 15) is 4.79 Å². The minimum Gasteiger partial charge on any atom is -0.381 e. The van der Waals surface area contributed by atoms with Crippen LogP contribution in [0.3, 0.4) is 0 Å². The van der Waals surface area contributed by atoms with Crippen LogP contribution in [-0.2, 0) is 16.1 Å². The standard InChI is InChI=1S/C26H29Cl2N5O2/c27-19-3-4-20(21(28)13-19)25-23(33-15-22(17-1-2-17)29-14-24(33)30-25)16-31-7-9-32(10-8-31)26(34)18-5-11-35-12-6-18/h3-4,13-15,17-18H,1-2,5-12,16H2. The molecular formula is C26H29Cl2N5O2. The third kappa shape index (κ3) is 4.79. The van der Waals surface area contributed by atoms with E-state index in [4.69, 9.17) is 32.9 Å². The zero-order valence-corrected chi connectivity index (χ0v) is 21.1. The van der Waals surface area contributed by atoms with Crippen LogP contribution in [0.25, 0.3) is 16.9 Å². The molecule has 0 bridgehead atoms. The highest BCUT2D eigenvalue weighted by molar-refractivity contribution is 6.36. The first-order valence-electron chi connectivity index (χ1n) is 12.5. The van der Waals surface area contributed by atoms with Gasteiger partial charge in [0.1, 0.15) is 0 Å². The number of hydrogen-bond acceptors (Lipinski definition) is 5. The van der Waals surface area contributed by atoms with Crippen molar-refractivity contribution < 1.29 is 9.53 Å². The highest BCUT2D eigenvalue weighted by Crippen LogP contribution is 2.39. The minimum atomic E-state index is 0.112. The largest absolute Gasteiger partial charge is 0.381 e. The average Bonchev–Trinajstić information content (AvgIpc) is 3.67. The highest BCUT2D eigenvalue weighted by Gasteiger charge is 2.30. The summed E-state index contributed by atoms with van der Waals surface area (Å²) in [6.45, 7) is 5.27. The number of ether oxygens (including phenoxy) is 1. The lowest BCUT2D eigenvalue weighted by molar-refractivity contribution is -0.140. The second-order valence-electron chi connectivity index (χ2n) is 9.83. The maximum atomic E-state index is 13.0. The quantitative estimate of drug-likeness (QED) is 0.496. The summed E-state index contributed by atoms with van der Waals surface area (Å²) in [4.78, 5) is 27.0. The maximum Gasteiger partial charge on any atom is 0.225 e. The zero-order valence-electron chi connectivity index (χ0n) is 19.6. The molecule has 9 heteroatoms. The summed E-state index contributed by atoms with van der Waals surface area (Å²) in [5.74, 6) is 0.953. The Hall–Kier alpha value is -2.19. The number of amides is 1. The van der Waals surface area contributed by atoms with Crippen molar-refractivity contribution in [2.24, 2.45) is 5.92 Å². The zero-order chi connectivity index (χ0) is 23.9. The number of rotatable bonds is 5. The number of aromatic nitrogens is 3. The molecule has 1 amide bonds. The Labute approximate surface area is 215 Å². The lowest BCUT2D eigenvalue weighted by Gasteiger charge is -2.37. The van der Waals surface area contributed by atoms with E-state index in [1.54, 1.807) is 6.07 Å². The molecule has 0 atom stereocenters. The second-order valence-corrected chi connectivity index (χ2v) is 10.7. The molecule has 2 saturated heterocycles. The van der Waals surface area contributed by atoms with Crippen LogP contribution in [0.1, 0.15) is 43.0 Å². The first-order valence-corrected chi connectivity index (χ1v) is 13.2. The summed E-state index contributed by atoms with van der Waals surface area (Å²) >= 11 is 12.8. The Morgan fingerprint density at radius 1 is 1.06 bits per heavy atom. The summed E-state index contributed by atoms with van der Waals surface area (Å²) < 4.78 is 7.61. The van der Waals surface area contributed by atoms with Crippen LogP contribution in [0.2, 0.25) is 10.0 Å². The smallest absolute Gasteiger partial charge is 0.225 e. The van der Waals surface area contributed by atoms with Gasteiger partial charge in [0, 0.05) is 74.6 Å². The molecule has 4 heterocycles. The van der Waals surface area contributed by atoms with Gasteiger partial charge in [-0.2, -0.15) is 0 Å². The molecule has 1 aromatic carbocycles. The van der Waals surface area contributed by atoms with Gasteiger partial charge >= 0.3 is 0 Å². The van der Waals surface area contributed by atoms with Gasteiger partial charge in [-0.15, -0.1) is 0 Å². The third-order valence-corrected chi connectivity index (χ3v) is 7.99. The normalized spacial score (nSPS) is 20.0. The fourth-order valence-electron chi connectivity index (χ4n) is 5.20. The van der Waals surface area contributed by atoms with Crippen LogP contribution in [0.4, 0.5) is 0 Å². The molecule has 184 valence electrons. The van der Waals surface area contributed by atoms with E-state index in [1.165, 1.54) is 12.8 Å². The molecule has 6 rings (SSSR count). The van der Waals surface area contributed by atoms with Gasteiger partial charge in [-0.25, -0.2) is 4.98 Å². The van der Waals surface area contributed by atoms with Crippen LogP contribution in [0, 0.1) is 5.92 Å². The summed E-state index contributed by atoms with van der Waals surface area (Å²) in [5, 5.41) is 1.19. The van der Waals surface area contributed by atoms with Crippen LogP contribution in [-0.4, -0.2) is 69.5 Å². The van der Waals surface area contributed by atoms with Crippen LogP contribution < -0.4 is 0 Å². The van der Waals surface area contributed by atoms with Crippen molar-refractivity contribution >= 4 is 34.8 Å². The van der Waals surface area contributed by atoms with Gasteiger partial charge in [0.05, 0.1) is 28.3 Å². The van der Waals surface area contributed by atoms with Crippen LogP contribution in [0.5, 0.6) is 0 Å². The molecule has 0 unspecified atom stereocenters. The Bertz CT molecular complexity index is 1240. The van der Waals surface area contributed by atoms with Crippen molar-refractivity contribution in [2.75, 3.05) is 39.4 Å². The third-order valence-electron chi connectivity index (χ3n) is 7.44. The number of hydrogen-bond donors (Lipinski definition) is 0. The number of piperazine rings is 1. The molecule has 7 nitrogen and oxygen atoms in total. The fraction of sp³-hybridized carbons (Fsp3) is 0.500. The Morgan fingerprint density at radius 3 is 2.54 bits per heavy atom. The van der Waals surface area contributed by atoms with Crippen molar-refractivity contribution in [3.63, 3.8) is 0 Å². The van der Waals surface area contributed by atoms with Crippen molar-refractivity contribution in [3.8, 4) is 11.3 Å². The summed E-state index contributed by atoms with van der Waals surface area (Å²) in [7, 11) is 0. The van der Waals surface area contributed by atoms with Crippen molar-refractivity contribution in [1.29, 1.82) is 0 Å². The van der Waals surface area contributed by atoms with Gasteiger partial charge in [0.25, 0.3) is 0 Å². The molecule has 2 aliphatic heterocycles. The summed E-state index contributed by atoms with van der Waals surface area (Å²) in [6.07, 6.45) is 8.08. The average molecular weight is 514 g/mol. The number of carbonyl (C=O) groups is 1. The fourth-order valence-corrected chi connectivity index (χ4v) is 5.70. The molecular weight excluding hydrogens is 485 g/mol. The van der Waals surface area contributed by atoms with E-state index in [-0.39, 0.29) is 11.8 Å². The lowest BCUT2D eigenvalue weighted by Crippen LogP contribution is -2.50. The Balaban J connectivity index is 1.26. The van der Waals surface area contributed by atoms with E-state index < -0.39 is 0 Å². The molecule has 0 N–H and O–H groups in total. The molecule has 0 radical (unpaired) electrons. The maximum absolute atomic E-state index is 13.0. The molecule has 0 spiro atoms. The topological polar surface area (TPSA) is 63.0 Å². The Kier molecular flexibility index (Phi) is 6.43. The van der Waals surface area contributed by atoms with Crippen molar-refractivity contribution in [1.82, 2.24) is 24.2 Å². The first kappa shape index (κ1) is 23.2. The first-order chi connectivity index (χ1) is 17.1. The van der Waals surface area contributed by atoms with Gasteiger partial charge in [0.15, 0.2) is 5.65 Å². The van der Waals surface area contributed by atoms with E-state index in [0.717, 1.165) is 73.9 Å². The molecule has 2 aromatic heterocycles. The molecule has 3 aliphatic rings. The lowest BCUT2D eigenvalue weighted by atomic mass is 9.98. The Morgan fingerprint density at radius 2 is 1.83 bits per heavy atom. The molecule has 3 aromatic rings. The van der Waals surface area contributed by atoms with E-state index >= 15 is 0 Å². The van der Waals surface area contributed by atoms with Crippen molar-refractivity contribution in [2.45, 2.75) is 38.1 Å². The number of benzene rings is 1. The van der Waals surface area contributed by atoms with Gasteiger partial charge < -0.3 is 9.64 Å². The van der Waals surface area contributed by atoms with E-state index in [1.807, 2.05) is 23.2 Å². The molecule has 35 heavy (non-hydrogen) atoms. The van der Waals surface area contributed by atoms with Crippen LogP contribution >= 0.6 is 23.2 Å². The van der Waals surface area contributed by atoms with E-state index in [0.29, 0.717) is 29.2 Å². The summed E-state index contributed by atoms with van der Waals surface area (Å²) in [5.41, 5.74) is 4.77. The number of halogens is 2. The number of fused-ring (bicyclic) bond motifs is 1. The van der Waals surface area contributed by atoms with Crippen molar-refractivity contribution in [3.05, 3.63) is 52.0 Å². The summed E-state index contributed by atoms with van der Waals surface area (Å²) in [6, 6.07) is 5.56. The number of imidazole rings is 1. The van der Waals surface area contributed by atoms with Gasteiger partial charge in [-0.1, -0.05) is 23.2 Å². The monoisotopic (exact) mass is 513 g/mol.